The number of hydrogen-bond donors (Lipinski definition) is 0. The van der Waals surface area contributed by atoms with E-state index in [1.807, 2.05) is 25.2 Å². The van der Waals surface area contributed by atoms with Crippen LogP contribution in [0.3, 0.4) is 0 Å². The highest BCUT2D eigenvalue weighted by Crippen LogP contribution is 2.51. The molecule has 3 heteroatoms. The van der Waals surface area contributed by atoms with E-state index in [-0.39, 0.29) is 11.8 Å². The molecule has 0 saturated heterocycles. The van der Waals surface area contributed by atoms with E-state index in [0.717, 1.165) is 22.1 Å². The molecule has 2 atom stereocenters. The SMILES string of the molecule is CN1C(=O)[C@@]2(C=C[C@H](c3ccc(Br)cc3)C2)c2ccccc21. The highest BCUT2D eigenvalue weighted by atomic mass is 79.9. The van der Waals surface area contributed by atoms with Gasteiger partial charge in [0.2, 0.25) is 5.91 Å². The van der Waals surface area contributed by atoms with Gasteiger partial charge in [0.1, 0.15) is 0 Å². The first-order valence-corrected chi connectivity index (χ1v) is 8.24. The summed E-state index contributed by atoms with van der Waals surface area (Å²) in [5.41, 5.74) is 2.95. The van der Waals surface area contributed by atoms with Crippen molar-refractivity contribution in [2.45, 2.75) is 17.8 Å². The number of carbonyl (C=O) groups excluding carboxylic acids is 1. The van der Waals surface area contributed by atoms with E-state index in [2.05, 4.69) is 58.4 Å². The number of anilines is 1. The predicted molar refractivity (Wildman–Crippen MR) is 92.2 cm³/mol. The Kier molecular flexibility index (Phi) is 3.01. The molecule has 2 aromatic carbocycles. The number of carbonyl (C=O) groups is 1. The van der Waals surface area contributed by atoms with Crippen LogP contribution in [0.4, 0.5) is 5.69 Å². The van der Waals surface area contributed by atoms with Gasteiger partial charge in [-0.05, 0) is 35.7 Å². The highest BCUT2D eigenvalue weighted by Gasteiger charge is 2.51. The Morgan fingerprint density at radius 3 is 2.64 bits per heavy atom. The molecule has 110 valence electrons. The molecule has 1 spiro atoms. The number of rotatable bonds is 1. The van der Waals surface area contributed by atoms with Crippen LogP contribution in [0.15, 0.2) is 65.2 Å². The normalized spacial score (nSPS) is 26.0. The van der Waals surface area contributed by atoms with Crippen molar-refractivity contribution in [2.75, 3.05) is 11.9 Å². The second-order valence-electron chi connectivity index (χ2n) is 6.07. The number of hydrogen-bond acceptors (Lipinski definition) is 1. The fourth-order valence-electron chi connectivity index (χ4n) is 3.73. The zero-order valence-corrected chi connectivity index (χ0v) is 13.9. The Labute approximate surface area is 138 Å². The van der Waals surface area contributed by atoms with Crippen molar-refractivity contribution in [1.82, 2.24) is 0 Å². The average Bonchev–Trinajstić information content (AvgIpc) is 3.07. The molecule has 0 saturated carbocycles. The second-order valence-corrected chi connectivity index (χ2v) is 6.99. The quantitative estimate of drug-likeness (QED) is 0.695. The summed E-state index contributed by atoms with van der Waals surface area (Å²) in [7, 11) is 1.87. The van der Waals surface area contributed by atoms with Crippen molar-refractivity contribution >= 4 is 27.5 Å². The highest BCUT2D eigenvalue weighted by molar-refractivity contribution is 9.10. The molecular formula is C19H16BrNO. The van der Waals surface area contributed by atoms with Crippen LogP contribution in [-0.4, -0.2) is 13.0 Å². The number of para-hydroxylation sites is 1. The molecule has 0 bridgehead atoms. The fraction of sp³-hybridized carbons (Fsp3) is 0.211. The molecule has 0 fully saturated rings. The van der Waals surface area contributed by atoms with Crippen LogP contribution in [0, 0.1) is 0 Å². The summed E-state index contributed by atoms with van der Waals surface area (Å²) >= 11 is 3.47. The molecule has 0 unspecified atom stereocenters. The second kappa shape index (κ2) is 4.82. The third-order valence-corrected chi connectivity index (χ3v) is 5.41. The predicted octanol–water partition coefficient (Wildman–Crippen LogP) is 4.41. The molecule has 0 aromatic heterocycles. The van der Waals surface area contributed by atoms with Gasteiger partial charge in [0.15, 0.2) is 0 Å². The van der Waals surface area contributed by atoms with E-state index in [1.54, 1.807) is 4.90 Å². The number of nitrogens with zero attached hydrogens (tertiary/aromatic N) is 1. The smallest absolute Gasteiger partial charge is 0.241 e. The van der Waals surface area contributed by atoms with Crippen molar-refractivity contribution in [1.29, 1.82) is 0 Å². The van der Waals surface area contributed by atoms with Crippen LogP contribution in [0.2, 0.25) is 0 Å². The molecule has 4 rings (SSSR count). The van der Waals surface area contributed by atoms with Crippen molar-refractivity contribution in [3.8, 4) is 0 Å². The summed E-state index contributed by atoms with van der Waals surface area (Å²) < 4.78 is 1.08. The summed E-state index contributed by atoms with van der Waals surface area (Å²) in [6.07, 6.45) is 5.12. The molecule has 1 amide bonds. The van der Waals surface area contributed by atoms with Crippen LogP contribution in [-0.2, 0) is 10.2 Å². The molecule has 22 heavy (non-hydrogen) atoms. The lowest BCUT2D eigenvalue weighted by molar-refractivity contribution is -0.121. The van der Waals surface area contributed by atoms with Crippen molar-refractivity contribution in [3.05, 3.63) is 76.3 Å². The summed E-state index contributed by atoms with van der Waals surface area (Å²) in [4.78, 5) is 14.7. The van der Waals surface area contributed by atoms with Crippen LogP contribution < -0.4 is 4.90 Å². The van der Waals surface area contributed by atoms with Gasteiger partial charge in [-0.3, -0.25) is 4.79 Å². The summed E-state index contributed by atoms with van der Waals surface area (Å²) in [6, 6.07) is 16.5. The van der Waals surface area contributed by atoms with Crippen LogP contribution >= 0.6 is 15.9 Å². The Hall–Kier alpha value is -1.87. The first-order chi connectivity index (χ1) is 10.6. The molecule has 2 aromatic rings. The number of allylic oxidation sites excluding steroid dienone is 1. The Bertz CT molecular complexity index is 780. The number of fused-ring (bicyclic) bond motifs is 2. The Morgan fingerprint density at radius 1 is 1.14 bits per heavy atom. The maximum Gasteiger partial charge on any atom is 0.241 e. The standard InChI is InChI=1S/C19H16BrNO/c1-21-17-5-3-2-4-16(17)19(18(21)22)11-10-14(12-19)13-6-8-15(20)9-7-13/h2-11,14H,12H2,1H3/t14-,19+/m0/s1. The summed E-state index contributed by atoms with van der Waals surface area (Å²) in [5, 5.41) is 0. The lowest BCUT2D eigenvalue weighted by Gasteiger charge is -2.22. The first kappa shape index (κ1) is 13.8. The molecular weight excluding hydrogens is 338 g/mol. The molecule has 1 heterocycles. The largest absolute Gasteiger partial charge is 0.314 e. The van der Waals surface area contributed by atoms with Gasteiger partial charge in [0.05, 0.1) is 5.41 Å². The van der Waals surface area contributed by atoms with Gasteiger partial charge in [-0.15, -0.1) is 0 Å². The van der Waals surface area contributed by atoms with Gasteiger partial charge in [-0.1, -0.05) is 58.4 Å². The van der Waals surface area contributed by atoms with E-state index in [4.69, 9.17) is 0 Å². The van der Waals surface area contributed by atoms with Crippen molar-refractivity contribution in [2.24, 2.45) is 0 Å². The maximum absolute atomic E-state index is 12.9. The number of halogens is 1. The molecule has 2 nitrogen and oxygen atoms in total. The molecule has 0 N–H and O–H groups in total. The Balaban J connectivity index is 1.74. The van der Waals surface area contributed by atoms with Crippen molar-refractivity contribution < 1.29 is 4.79 Å². The summed E-state index contributed by atoms with van der Waals surface area (Å²) in [5.74, 6) is 0.473. The van der Waals surface area contributed by atoms with Crippen LogP contribution in [0.1, 0.15) is 23.5 Å². The van der Waals surface area contributed by atoms with Crippen molar-refractivity contribution in [3.63, 3.8) is 0 Å². The number of amides is 1. The van der Waals surface area contributed by atoms with Gasteiger partial charge in [0, 0.05) is 23.1 Å². The van der Waals surface area contributed by atoms with E-state index < -0.39 is 5.41 Å². The van der Waals surface area contributed by atoms with E-state index in [9.17, 15) is 4.79 Å². The Morgan fingerprint density at radius 2 is 1.86 bits per heavy atom. The molecule has 1 aliphatic carbocycles. The van der Waals surface area contributed by atoms with E-state index >= 15 is 0 Å². The van der Waals surface area contributed by atoms with Gasteiger partial charge < -0.3 is 4.90 Å². The van der Waals surface area contributed by atoms with Gasteiger partial charge in [0.25, 0.3) is 0 Å². The fourth-order valence-corrected chi connectivity index (χ4v) is 3.99. The molecule has 0 radical (unpaired) electrons. The maximum atomic E-state index is 12.9. The lowest BCUT2D eigenvalue weighted by Crippen LogP contribution is -2.36. The van der Waals surface area contributed by atoms with E-state index in [0.29, 0.717) is 0 Å². The first-order valence-electron chi connectivity index (χ1n) is 7.44. The minimum absolute atomic E-state index is 0.185. The average molecular weight is 354 g/mol. The minimum Gasteiger partial charge on any atom is -0.314 e. The number of likely N-dealkylation sites (N-methyl/N-ethyl adjacent to an activating group) is 1. The zero-order valence-electron chi connectivity index (χ0n) is 12.3. The van der Waals surface area contributed by atoms with Gasteiger partial charge in [-0.25, -0.2) is 0 Å². The monoisotopic (exact) mass is 353 g/mol. The van der Waals surface area contributed by atoms with Crippen LogP contribution in [0.5, 0.6) is 0 Å². The van der Waals surface area contributed by atoms with Gasteiger partial charge in [-0.2, -0.15) is 0 Å². The summed E-state index contributed by atoms with van der Waals surface area (Å²) in [6.45, 7) is 0. The number of benzene rings is 2. The van der Waals surface area contributed by atoms with Crippen LogP contribution in [0.25, 0.3) is 0 Å². The zero-order chi connectivity index (χ0) is 15.3. The topological polar surface area (TPSA) is 20.3 Å². The van der Waals surface area contributed by atoms with Gasteiger partial charge >= 0.3 is 0 Å². The third-order valence-electron chi connectivity index (χ3n) is 4.89. The third kappa shape index (κ3) is 1.82. The molecule has 1 aliphatic heterocycles. The minimum atomic E-state index is -0.483. The lowest BCUT2D eigenvalue weighted by atomic mass is 9.78. The molecule has 2 aliphatic rings. The van der Waals surface area contributed by atoms with E-state index in [1.165, 1.54) is 5.56 Å².